The van der Waals surface area contributed by atoms with Gasteiger partial charge in [0.2, 0.25) is 13.2 Å². The van der Waals surface area contributed by atoms with Gasteiger partial charge in [-0.2, -0.15) is 10.1 Å². The topological polar surface area (TPSA) is 57.4 Å². The summed E-state index contributed by atoms with van der Waals surface area (Å²) >= 11 is 1.71. The first-order valence-corrected chi connectivity index (χ1v) is 9.21. The number of unbranched alkanes of at least 4 members (excludes halogenated alkanes) is 1. The summed E-state index contributed by atoms with van der Waals surface area (Å²) < 4.78 is 0. The Kier molecular flexibility index (Phi) is 7.24. The molecule has 1 aliphatic rings. The summed E-state index contributed by atoms with van der Waals surface area (Å²) in [5.74, 6) is 2.80. The van der Waals surface area contributed by atoms with E-state index in [-0.39, 0.29) is 5.91 Å². The van der Waals surface area contributed by atoms with Crippen LogP contribution >= 0.6 is 11.8 Å². The molecule has 1 aromatic carbocycles. The van der Waals surface area contributed by atoms with Gasteiger partial charge in [0.05, 0.1) is 12.7 Å². The van der Waals surface area contributed by atoms with Crippen molar-refractivity contribution < 1.29 is 4.79 Å². The molecule has 2 rings (SSSR count). The number of amides is 1. The van der Waals surface area contributed by atoms with E-state index in [0.29, 0.717) is 6.42 Å². The van der Waals surface area contributed by atoms with Crippen molar-refractivity contribution in [2.24, 2.45) is 15.3 Å². The molecule has 0 fully saturated rings. The molecule has 1 aromatic rings. The molecule has 0 bridgehead atoms. The lowest BCUT2D eigenvalue weighted by molar-refractivity contribution is -0.118. The van der Waals surface area contributed by atoms with Gasteiger partial charge in [-0.05, 0) is 30.5 Å². The summed E-state index contributed by atoms with van der Waals surface area (Å²) in [6, 6.07) is 5.96. The molecule has 0 radical (unpaired) electrons. The highest BCUT2D eigenvalue weighted by molar-refractivity contribution is 8.16. The third kappa shape index (κ3) is 4.80. The molecule has 0 atom stereocenters. The number of hydrogen-bond donors (Lipinski definition) is 0. The molecule has 0 saturated carbocycles. The molecule has 0 aliphatic carbocycles. The lowest BCUT2D eigenvalue weighted by atomic mass is 9.83. The van der Waals surface area contributed by atoms with E-state index >= 15 is 0 Å². The molecule has 0 spiro atoms. The maximum atomic E-state index is 12.5. The van der Waals surface area contributed by atoms with Crippen molar-refractivity contribution in [1.82, 2.24) is 0 Å². The van der Waals surface area contributed by atoms with E-state index in [4.69, 9.17) is 0 Å². The Morgan fingerprint density at radius 1 is 1.42 bits per heavy atom. The fraction of sp³-hybridized carbons (Fsp3) is 0.412. The van der Waals surface area contributed by atoms with Gasteiger partial charge in [0.15, 0.2) is 0 Å². The number of aryl methyl sites for hydroxylation is 1. The van der Waals surface area contributed by atoms with Gasteiger partial charge in [0, 0.05) is 23.3 Å². The van der Waals surface area contributed by atoms with Gasteiger partial charge in [-0.1, -0.05) is 36.7 Å². The normalized spacial score (nSPS) is 13.2. The van der Waals surface area contributed by atoms with Crippen LogP contribution in [0, 0.1) is 6.92 Å². The lowest BCUT2D eigenvalue weighted by Gasteiger charge is -2.20. The van der Waals surface area contributed by atoms with Crippen LogP contribution in [0.3, 0.4) is 0 Å². The summed E-state index contributed by atoms with van der Waals surface area (Å²) in [6.07, 6.45) is 4.15. The van der Waals surface area contributed by atoms with Crippen molar-refractivity contribution in [3.8, 4) is 0 Å². The lowest BCUT2D eigenvalue weighted by Crippen LogP contribution is -2.26. The number of rotatable bonds is 7. The Bertz CT molecular complexity index is 673. The average molecular weight is 342 g/mol. The molecular weight excluding hydrogens is 319 g/mol. The van der Waals surface area contributed by atoms with Gasteiger partial charge in [-0.25, -0.2) is 0 Å². The third-order valence-corrected chi connectivity index (χ3v) is 4.81. The Morgan fingerprint density at radius 2 is 2.25 bits per heavy atom. The van der Waals surface area contributed by atoms with Crippen molar-refractivity contribution in [3.05, 3.63) is 41.5 Å². The first kappa shape index (κ1) is 18.5. The summed E-state index contributed by atoms with van der Waals surface area (Å²) in [4.78, 5) is 18.0. The first-order valence-electron chi connectivity index (χ1n) is 8.23. The Labute approximate surface area is 148 Å². The van der Waals surface area contributed by atoms with Crippen LogP contribution in [0.2, 0.25) is 0 Å². The molecular formula is C17H23BN4OS. The maximum absolute atomic E-state index is 12.5. The molecule has 0 aromatic heterocycles. The van der Waals surface area contributed by atoms with Crippen LogP contribution < -0.4 is 5.01 Å². The van der Waals surface area contributed by atoms with Gasteiger partial charge in [0.25, 0.3) is 0 Å². The fourth-order valence-corrected chi connectivity index (χ4v) is 3.46. The van der Waals surface area contributed by atoms with Crippen molar-refractivity contribution in [1.29, 1.82) is 0 Å². The van der Waals surface area contributed by atoms with Crippen molar-refractivity contribution in [3.63, 3.8) is 0 Å². The highest BCUT2D eigenvalue weighted by Gasteiger charge is 2.20. The molecule has 24 heavy (non-hydrogen) atoms. The molecule has 0 N–H and O–H groups in total. The van der Waals surface area contributed by atoms with Crippen LogP contribution in [-0.2, 0) is 10.5 Å². The van der Waals surface area contributed by atoms with E-state index in [9.17, 15) is 4.79 Å². The number of carbonyl (C=O) groups excluding carboxylic acids is 1. The van der Waals surface area contributed by atoms with E-state index < -0.39 is 0 Å². The smallest absolute Gasteiger partial charge is 0.248 e. The van der Waals surface area contributed by atoms with Crippen LogP contribution in [0.5, 0.6) is 0 Å². The van der Waals surface area contributed by atoms with E-state index in [1.165, 1.54) is 5.01 Å². The largest absolute Gasteiger partial charge is 0.273 e. The zero-order valence-corrected chi connectivity index (χ0v) is 15.3. The van der Waals surface area contributed by atoms with E-state index in [1.54, 1.807) is 18.8 Å². The maximum Gasteiger partial charge on any atom is 0.248 e. The van der Waals surface area contributed by atoms with E-state index in [1.807, 2.05) is 24.3 Å². The number of thioether (sulfide) groups is 1. The number of nitrogens with zero attached hydrogens (tertiary/aromatic N) is 4. The SMILES string of the molecule is CCCCC(=O)N(/N=N\C)c1cccc(C)c1CSC1=NC=CB1. The molecule has 1 aliphatic heterocycles. The molecule has 1 heterocycles. The van der Waals surface area contributed by atoms with Crippen molar-refractivity contribution >= 4 is 35.6 Å². The van der Waals surface area contributed by atoms with Crippen LogP contribution in [0.15, 0.2) is 45.7 Å². The van der Waals surface area contributed by atoms with E-state index in [2.05, 4.69) is 35.2 Å². The molecule has 1 amide bonds. The second-order valence-corrected chi connectivity index (χ2v) is 6.62. The Hall–Kier alpha value is -1.89. The van der Waals surface area contributed by atoms with Crippen LogP contribution in [-0.4, -0.2) is 25.2 Å². The predicted molar refractivity (Wildman–Crippen MR) is 104 cm³/mol. The van der Waals surface area contributed by atoms with Gasteiger partial charge < -0.3 is 0 Å². The van der Waals surface area contributed by atoms with Gasteiger partial charge in [0.1, 0.15) is 0 Å². The summed E-state index contributed by atoms with van der Waals surface area (Å²) in [6.45, 7) is 4.13. The van der Waals surface area contributed by atoms with Gasteiger partial charge in [-0.15, -0.1) is 11.8 Å². The molecule has 7 heteroatoms. The van der Waals surface area contributed by atoms with Crippen LogP contribution in [0.25, 0.3) is 0 Å². The molecule has 126 valence electrons. The Morgan fingerprint density at radius 3 is 2.92 bits per heavy atom. The Balaban J connectivity index is 2.25. The van der Waals surface area contributed by atoms with Crippen molar-refractivity contribution in [2.75, 3.05) is 12.1 Å². The van der Waals surface area contributed by atoms with Crippen molar-refractivity contribution in [2.45, 2.75) is 38.9 Å². The van der Waals surface area contributed by atoms with Crippen LogP contribution in [0.1, 0.15) is 37.3 Å². The quantitative estimate of drug-likeness (QED) is 0.427. The second-order valence-electron chi connectivity index (χ2n) is 5.57. The highest BCUT2D eigenvalue weighted by Crippen LogP contribution is 2.30. The number of aliphatic imine (C=N–C) groups is 1. The standard InChI is InChI=1S/C17H23BN4OS/c1-4-5-9-16(23)22(21-19-3)15-8-6-7-13(2)14(15)12-24-17-18-10-11-20-17/h6-8,10-11,18H,4-5,9,12H2,1-3H3/b21-19-. The average Bonchev–Trinajstić information content (AvgIpc) is 3.10. The number of carbonyl (C=O) groups is 1. The van der Waals surface area contributed by atoms with Gasteiger partial charge in [-0.3, -0.25) is 9.79 Å². The minimum Gasteiger partial charge on any atom is -0.273 e. The number of anilines is 1. The monoisotopic (exact) mass is 342 g/mol. The summed E-state index contributed by atoms with van der Waals surface area (Å²) in [5, 5.41) is 9.38. The molecule has 5 nitrogen and oxygen atoms in total. The second kappa shape index (κ2) is 9.42. The number of benzene rings is 1. The van der Waals surface area contributed by atoms with Gasteiger partial charge >= 0.3 is 0 Å². The zero-order chi connectivity index (χ0) is 17.4. The fourth-order valence-electron chi connectivity index (χ4n) is 2.42. The third-order valence-electron chi connectivity index (χ3n) is 3.77. The first-order chi connectivity index (χ1) is 11.7. The highest BCUT2D eigenvalue weighted by atomic mass is 32.2. The summed E-state index contributed by atoms with van der Waals surface area (Å²) in [5.41, 5.74) is 3.07. The zero-order valence-electron chi connectivity index (χ0n) is 14.5. The summed E-state index contributed by atoms with van der Waals surface area (Å²) in [7, 11) is 2.48. The molecule has 0 unspecified atom stereocenters. The minimum absolute atomic E-state index is 0.0147. The van der Waals surface area contributed by atoms with Crippen LogP contribution in [0.4, 0.5) is 5.69 Å². The predicted octanol–water partition coefficient (Wildman–Crippen LogP) is 4.03. The molecule has 0 saturated heterocycles. The number of hydrogen-bond acceptors (Lipinski definition) is 5. The van der Waals surface area contributed by atoms with E-state index in [0.717, 1.165) is 47.6 Å². The minimum atomic E-state index is -0.0147.